The Bertz CT molecular complexity index is 99.1. The van der Waals surface area contributed by atoms with Gasteiger partial charge in [-0.1, -0.05) is 0 Å². The smallest absolute Gasteiger partial charge is 0.185 e. The maximum atomic E-state index is 10.1. The lowest BCUT2D eigenvalue weighted by atomic mass is 10.7. The van der Waals surface area contributed by atoms with Crippen molar-refractivity contribution < 1.29 is 4.81 Å². The Labute approximate surface area is 40.8 Å². The van der Waals surface area contributed by atoms with Crippen LogP contribution in [-0.4, -0.2) is 24.2 Å². The molecule has 40 valence electrons. The maximum Gasteiger partial charge on any atom is 0.185 e. The van der Waals surface area contributed by atoms with Crippen LogP contribution in [0.5, 0.6) is 0 Å². The lowest BCUT2D eigenvalue weighted by Gasteiger charge is -2.37. The van der Waals surface area contributed by atoms with Crippen molar-refractivity contribution in [1.82, 2.24) is 0 Å². The second kappa shape index (κ2) is 1.26. The zero-order valence-electron chi connectivity index (χ0n) is 3.70. The van der Waals surface area contributed by atoms with Gasteiger partial charge in [-0.05, 0) is 0 Å². The molecular formula is C3H5N2O2-. The zero-order valence-corrected chi connectivity index (χ0v) is 3.70. The molecule has 7 heavy (non-hydrogen) atoms. The molecule has 1 heterocycles. The molecule has 1 rings (SSSR count). The van der Waals surface area contributed by atoms with Gasteiger partial charge in [0.1, 0.15) is 6.54 Å². The molecule has 1 aliphatic heterocycles. The van der Waals surface area contributed by atoms with E-state index >= 15 is 0 Å². The normalized spacial score (nSPS) is 26.0. The Morgan fingerprint density at radius 3 is 2.43 bits per heavy atom. The Hall–Kier alpha value is -0.450. The zero-order chi connectivity index (χ0) is 5.33. The van der Waals surface area contributed by atoms with Gasteiger partial charge in [0.25, 0.3) is 0 Å². The molecule has 0 saturated carbocycles. The van der Waals surface area contributed by atoms with Crippen LogP contribution in [0.25, 0.3) is 0 Å². The maximum absolute atomic E-state index is 10.1. The van der Waals surface area contributed by atoms with Gasteiger partial charge in [-0.3, -0.25) is 0 Å². The van der Waals surface area contributed by atoms with Gasteiger partial charge in [-0.25, -0.2) is 4.99 Å². The highest BCUT2D eigenvalue weighted by atomic mass is 16.8. The van der Waals surface area contributed by atoms with E-state index in [-0.39, 0.29) is 6.54 Å². The van der Waals surface area contributed by atoms with Gasteiger partial charge < -0.3 is 15.2 Å². The Balaban J connectivity index is 2.57. The minimum absolute atomic E-state index is 0.0556. The van der Waals surface area contributed by atoms with E-state index in [1.54, 1.807) is 0 Å². The fourth-order valence-corrected chi connectivity index (χ4v) is 0.437. The van der Waals surface area contributed by atoms with E-state index in [1.165, 1.54) is 0 Å². The van der Waals surface area contributed by atoms with Crippen LogP contribution in [0, 0.1) is 10.4 Å². The fourth-order valence-electron chi connectivity index (χ4n) is 0.437. The second-order valence-corrected chi connectivity index (χ2v) is 1.47. The van der Waals surface area contributed by atoms with Crippen LogP contribution in [0.1, 0.15) is 0 Å². The molecule has 4 nitrogen and oxygen atoms in total. The van der Waals surface area contributed by atoms with Gasteiger partial charge in [-0.15, -0.1) is 0 Å². The molecule has 0 radical (unpaired) electrons. The van der Waals surface area contributed by atoms with E-state index < -0.39 is 4.81 Å². The Morgan fingerprint density at radius 1 is 1.57 bits per heavy atom. The monoisotopic (exact) mass is 101 g/mol. The number of quaternary nitrogens is 1. The molecule has 0 unspecified atom stereocenters. The minimum Gasteiger partial charge on any atom is -0.625 e. The number of nitrogens with zero attached hydrogens (tertiary/aromatic N) is 2. The van der Waals surface area contributed by atoms with Crippen molar-refractivity contribution in [2.24, 2.45) is 4.99 Å². The van der Waals surface area contributed by atoms with Gasteiger partial charge in [0.05, 0.1) is 6.54 Å². The van der Waals surface area contributed by atoms with Crippen molar-refractivity contribution in [1.29, 1.82) is 0 Å². The summed E-state index contributed by atoms with van der Waals surface area (Å²) >= 11 is 0. The van der Waals surface area contributed by atoms with Crippen LogP contribution in [-0.2, 0) is 0 Å². The van der Waals surface area contributed by atoms with Crippen molar-refractivity contribution >= 4 is 6.34 Å². The summed E-state index contributed by atoms with van der Waals surface area (Å²) in [4.78, 5) is 1.92. The first-order valence-corrected chi connectivity index (χ1v) is 2.01. The molecule has 0 aromatic carbocycles. The summed E-state index contributed by atoms with van der Waals surface area (Å²) in [5.41, 5.74) is 0. The van der Waals surface area contributed by atoms with E-state index in [1.807, 2.05) is 0 Å². The molecule has 0 spiro atoms. The van der Waals surface area contributed by atoms with Crippen molar-refractivity contribution in [2.45, 2.75) is 0 Å². The molecule has 4 heteroatoms. The molecule has 0 N–H and O–H groups in total. The van der Waals surface area contributed by atoms with Crippen molar-refractivity contribution in [3.8, 4) is 0 Å². The van der Waals surface area contributed by atoms with E-state index in [9.17, 15) is 10.4 Å². The third kappa shape index (κ3) is 0.957. The van der Waals surface area contributed by atoms with Crippen molar-refractivity contribution in [3.05, 3.63) is 10.4 Å². The summed E-state index contributed by atoms with van der Waals surface area (Å²) in [7, 11) is 0. The Kier molecular flexibility index (Phi) is 0.846. The van der Waals surface area contributed by atoms with Crippen LogP contribution in [0.2, 0.25) is 0 Å². The summed E-state index contributed by atoms with van der Waals surface area (Å²) < 4.78 is 0. The number of aliphatic imine (C=N–C) groups is 1. The highest BCUT2D eigenvalue weighted by molar-refractivity contribution is 5.48. The van der Waals surface area contributed by atoms with Crippen LogP contribution in [0.3, 0.4) is 0 Å². The number of hydrogen-bond acceptors (Lipinski definition) is 3. The van der Waals surface area contributed by atoms with Gasteiger partial charge in [0.2, 0.25) is 0 Å². The topological polar surface area (TPSA) is 58.5 Å². The van der Waals surface area contributed by atoms with Gasteiger partial charge >= 0.3 is 0 Å². The average Bonchev–Trinajstić information content (AvgIpc) is 1.84. The first-order chi connectivity index (χ1) is 3.21. The van der Waals surface area contributed by atoms with E-state index in [0.29, 0.717) is 6.54 Å². The summed E-state index contributed by atoms with van der Waals surface area (Å²) in [6, 6.07) is 0. The molecular weight excluding hydrogens is 96.0 g/mol. The molecule has 0 fully saturated rings. The van der Waals surface area contributed by atoms with Crippen molar-refractivity contribution in [2.75, 3.05) is 13.1 Å². The summed E-state index contributed by atoms with van der Waals surface area (Å²) in [5.74, 6) is 0. The predicted octanol–water partition coefficient (Wildman–Crippen LogP) is -0.159. The van der Waals surface area contributed by atoms with Crippen LogP contribution in [0.4, 0.5) is 0 Å². The minimum atomic E-state index is -1.54. The molecule has 0 saturated heterocycles. The van der Waals surface area contributed by atoms with E-state index in [0.717, 1.165) is 6.34 Å². The van der Waals surface area contributed by atoms with Gasteiger partial charge in [0.15, 0.2) is 6.34 Å². The molecule has 1 aliphatic rings. The SMILES string of the molecule is [O-][N+]1([O-])C=NCC1. The summed E-state index contributed by atoms with van der Waals surface area (Å²) in [6.07, 6.45) is 0.875. The number of hydroxylamine groups is 4. The Morgan fingerprint density at radius 2 is 2.29 bits per heavy atom. The number of rotatable bonds is 0. The predicted molar refractivity (Wildman–Crippen MR) is 25.2 cm³/mol. The molecule has 0 aliphatic carbocycles. The first kappa shape index (κ1) is 4.70. The second-order valence-electron chi connectivity index (χ2n) is 1.47. The summed E-state index contributed by atoms with van der Waals surface area (Å²) in [6.45, 7) is 0.437. The summed E-state index contributed by atoms with van der Waals surface area (Å²) in [5, 5.41) is 20.3. The first-order valence-electron chi connectivity index (χ1n) is 2.01. The number of hydrogen-bond donors (Lipinski definition) is 0. The molecule has 0 aromatic rings. The quantitative estimate of drug-likeness (QED) is 0.314. The largest absolute Gasteiger partial charge is 0.625 e. The highest BCUT2D eigenvalue weighted by Crippen LogP contribution is 2.00. The van der Waals surface area contributed by atoms with Gasteiger partial charge in [0, 0.05) is 0 Å². The van der Waals surface area contributed by atoms with Crippen molar-refractivity contribution in [3.63, 3.8) is 0 Å². The van der Waals surface area contributed by atoms with E-state index in [4.69, 9.17) is 0 Å². The fraction of sp³-hybridized carbons (Fsp3) is 0.667. The lowest BCUT2D eigenvalue weighted by Crippen LogP contribution is -2.30. The highest BCUT2D eigenvalue weighted by Gasteiger charge is 2.05. The molecule has 0 amide bonds. The lowest BCUT2D eigenvalue weighted by molar-refractivity contribution is -0.718. The molecule has 0 atom stereocenters. The van der Waals surface area contributed by atoms with Crippen LogP contribution >= 0.6 is 0 Å². The standard InChI is InChI=1S/C3H5N2O2/c6-5(7)2-1-4-3-5/h3H,1-2H2/q-1. The molecule has 0 bridgehead atoms. The molecule has 0 aromatic heterocycles. The van der Waals surface area contributed by atoms with Gasteiger partial charge in [-0.2, -0.15) is 0 Å². The third-order valence-corrected chi connectivity index (χ3v) is 0.798. The van der Waals surface area contributed by atoms with E-state index in [2.05, 4.69) is 4.99 Å². The van der Waals surface area contributed by atoms with Crippen LogP contribution in [0.15, 0.2) is 4.99 Å². The average molecular weight is 101 g/mol. The third-order valence-electron chi connectivity index (χ3n) is 0.798. The van der Waals surface area contributed by atoms with Crippen LogP contribution < -0.4 is 0 Å².